The lowest BCUT2D eigenvalue weighted by atomic mass is 10.2. The van der Waals surface area contributed by atoms with Crippen LogP contribution in [0.1, 0.15) is 6.42 Å². The van der Waals surface area contributed by atoms with E-state index < -0.39 is 4.92 Å². The molecule has 1 aromatic heterocycles. The fourth-order valence-corrected chi connectivity index (χ4v) is 2.92. The summed E-state index contributed by atoms with van der Waals surface area (Å²) >= 11 is 0. The topological polar surface area (TPSA) is 139 Å². The fourth-order valence-electron chi connectivity index (χ4n) is 2.92. The summed E-state index contributed by atoms with van der Waals surface area (Å²) in [5, 5.41) is 34.0. The van der Waals surface area contributed by atoms with Gasteiger partial charge in [0, 0.05) is 26.2 Å². The minimum absolute atomic E-state index is 0.0774. The lowest BCUT2D eigenvalue weighted by molar-refractivity contribution is -0.382. The lowest BCUT2D eigenvalue weighted by Gasteiger charge is -2.26. The van der Waals surface area contributed by atoms with Crippen LogP contribution in [0.3, 0.4) is 0 Å². The molecule has 0 amide bonds. The zero-order chi connectivity index (χ0) is 18.4. The molecule has 0 bridgehead atoms. The van der Waals surface area contributed by atoms with Gasteiger partial charge in [-0.2, -0.15) is 0 Å². The Hall–Kier alpha value is -2.50. The number of ether oxygens (including phenoxy) is 1. The first-order valence-electron chi connectivity index (χ1n) is 8.53. The molecular formula is C15H22N6O5. The van der Waals surface area contributed by atoms with Crippen LogP contribution in [0.15, 0.2) is 10.7 Å². The molecule has 3 rings (SSSR count). The quantitative estimate of drug-likeness (QED) is 0.329. The first-order chi connectivity index (χ1) is 12.7. The Morgan fingerprint density at radius 3 is 2.65 bits per heavy atom. The number of nitro groups is 1. The second-order valence-corrected chi connectivity index (χ2v) is 5.92. The highest BCUT2D eigenvalue weighted by Crippen LogP contribution is 2.36. The number of nitrogens with zero attached hydrogens (tertiary/aromatic N) is 4. The van der Waals surface area contributed by atoms with Gasteiger partial charge in [-0.25, -0.2) is 4.63 Å². The second-order valence-electron chi connectivity index (χ2n) is 5.92. The molecule has 142 valence electrons. The third kappa shape index (κ3) is 4.18. The molecule has 11 heteroatoms. The van der Waals surface area contributed by atoms with Gasteiger partial charge in [0.1, 0.15) is 5.69 Å². The van der Waals surface area contributed by atoms with Gasteiger partial charge in [0.15, 0.2) is 5.52 Å². The number of nitrogens with one attached hydrogen (secondary N) is 2. The van der Waals surface area contributed by atoms with Crippen molar-refractivity contribution in [1.29, 1.82) is 0 Å². The van der Waals surface area contributed by atoms with Crippen LogP contribution < -0.4 is 10.6 Å². The summed E-state index contributed by atoms with van der Waals surface area (Å²) in [6.07, 6.45) is 0.906. The van der Waals surface area contributed by atoms with Crippen molar-refractivity contribution < 1.29 is 19.4 Å². The molecule has 0 saturated carbocycles. The van der Waals surface area contributed by atoms with Gasteiger partial charge in [-0.1, -0.05) is 0 Å². The van der Waals surface area contributed by atoms with E-state index in [0.29, 0.717) is 17.7 Å². The molecule has 1 saturated heterocycles. The Morgan fingerprint density at radius 2 is 1.92 bits per heavy atom. The number of aliphatic hydroxyl groups is 1. The van der Waals surface area contributed by atoms with Crippen molar-refractivity contribution in [3.63, 3.8) is 0 Å². The van der Waals surface area contributed by atoms with Gasteiger partial charge in [0.2, 0.25) is 5.52 Å². The summed E-state index contributed by atoms with van der Waals surface area (Å²) in [6, 6.07) is 1.61. The Morgan fingerprint density at radius 1 is 1.19 bits per heavy atom. The lowest BCUT2D eigenvalue weighted by Crippen LogP contribution is -2.37. The normalized spacial score (nSPS) is 15.3. The van der Waals surface area contributed by atoms with Crippen LogP contribution >= 0.6 is 0 Å². The smallest absolute Gasteiger partial charge is 0.323 e. The van der Waals surface area contributed by atoms with Gasteiger partial charge in [0.25, 0.3) is 0 Å². The van der Waals surface area contributed by atoms with Gasteiger partial charge in [-0.05, 0) is 29.3 Å². The maximum absolute atomic E-state index is 11.4. The van der Waals surface area contributed by atoms with Gasteiger partial charge in [0.05, 0.1) is 30.4 Å². The van der Waals surface area contributed by atoms with E-state index in [9.17, 15) is 10.1 Å². The predicted molar refractivity (Wildman–Crippen MR) is 94.4 cm³/mol. The summed E-state index contributed by atoms with van der Waals surface area (Å²) < 4.78 is 10.0. The molecule has 2 aromatic rings. The summed E-state index contributed by atoms with van der Waals surface area (Å²) in [6.45, 7) is 5.06. The Bertz CT molecular complexity index is 745. The van der Waals surface area contributed by atoms with Crippen LogP contribution in [0, 0.1) is 10.1 Å². The molecule has 1 aromatic carbocycles. The van der Waals surface area contributed by atoms with Crippen LogP contribution in [-0.2, 0) is 4.74 Å². The van der Waals surface area contributed by atoms with Gasteiger partial charge in [-0.3, -0.25) is 15.0 Å². The van der Waals surface area contributed by atoms with Crippen molar-refractivity contribution in [1.82, 2.24) is 15.2 Å². The maximum atomic E-state index is 11.4. The van der Waals surface area contributed by atoms with E-state index >= 15 is 0 Å². The number of fused-ring (bicyclic) bond motifs is 1. The molecular weight excluding hydrogens is 344 g/mol. The molecule has 1 aliphatic rings. The average Bonchev–Trinajstić information content (AvgIpc) is 3.13. The Labute approximate surface area is 149 Å². The standard InChI is InChI=1S/C15H22N6O5/c22-7-3-17-12-10-11(13-14(19-26-18-13)15(12)21(23)24)16-2-1-4-20-5-8-25-9-6-20/h10,16-17,22H,1-9H2. The molecule has 2 heterocycles. The van der Waals surface area contributed by atoms with E-state index in [1.54, 1.807) is 6.07 Å². The second kappa shape index (κ2) is 8.74. The van der Waals surface area contributed by atoms with E-state index in [4.69, 9.17) is 14.5 Å². The number of aliphatic hydroxyl groups excluding tert-OH is 1. The number of morpholine rings is 1. The minimum Gasteiger partial charge on any atom is -0.395 e. The Balaban J connectivity index is 1.71. The molecule has 1 fully saturated rings. The van der Waals surface area contributed by atoms with Crippen molar-refractivity contribution in [2.75, 3.05) is 63.2 Å². The van der Waals surface area contributed by atoms with Crippen molar-refractivity contribution in [3.05, 3.63) is 16.2 Å². The van der Waals surface area contributed by atoms with E-state index in [1.807, 2.05) is 0 Å². The molecule has 0 atom stereocenters. The van der Waals surface area contributed by atoms with Crippen molar-refractivity contribution in [2.24, 2.45) is 0 Å². The Kier molecular flexibility index (Phi) is 6.15. The van der Waals surface area contributed by atoms with Crippen molar-refractivity contribution in [2.45, 2.75) is 6.42 Å². The summed E-state index contributed by atoms with van der Waals surface area (Å²) in [5.41, 5.74) is 1.05. The number of anilines is 2. The van der Waals surface area contributed by atoms with Gasteiger partial charge in [-0.15, -0.1) is 0 Å². The monoisotopic (exact) mass is 366 g/mol. The summed E-state index contributed by atoms with van der Waals surface area (Å²) in [5.74, 6) is 0. The SMILES string of the molecule is O=[N+]([O-])c1c(NCCO)cc(NCCCN2CCOCC2)c2nonc12. The predicted octanol–water partition coefficient (Wildman–Crippen LogP) is 0.669. The van der Waals surface area contributed by atoms with Crippen LogP contribution in [0.2, 0.25) is 0 Å². The third-order valence-electron chi connectivity index (χ3n) is 4.19. The first-order valence-corrected chi connectivity index (χ1v) is 8.53. The van der Waals surface area contributed by atoms with Crippen LogP contribution in [0.5, 0.6) is 0 Å². The average molecular weight is 366 g/mol. The molecule has 0 radical (unpaired) electrons. The molecule has 3 N–H and O–H groups in total. The number of nitro benzene ring substituents is 1. The molecule has 26 heavy (non-hydrogen) atoms. The third-order valence-corrected chi connectivity index (χ3v) is 4.19. The zero-order valence-corrected chi connectivity index (χ0v) is 14.3. The van der Waals surface area contributed by atoms with Crippen molar-refractivity contribution >= 4 is 28.1 Å². The summed E-state index contributed by atoms with van der Waals surface area (Å²) in [4.78, 5) is 13.2. The van der Waals surface area contributed by atoms with Crippen molar-refractivity contribution in [3.8, 4) is 0 Å². The zero-order valence-electron chi connectivity index (χ0n) is 14.3. The molecule has 11 nitrogen and oxygen atoms in total. The molecule has 1 aliphatic heterocycles. The highest BCUT2D eigenvalue weighted by Gasteiger charge is 2.25. The molecule has 0 aliphatic carbocycles. The van der Waals surface area contributed by atoms with Gasteiger partial charge >= 0.3 is 5.69 Å². The van der Waals surface area contributed by atoms with Gasteiger partial charge < -0.3 is 20.5 Å². The van der Waals surface area contributed by atoms with E-state index in [1.165, 1.54) is 0 Å². The number of hydrogen-bond donors (Lipinski definition) is 3. The minimum atomic E-state index is -0.533. The van der Waals surface area contributed by atoms with Crippen LogP contribution in [-0.4, -0.2) is 77.8 Å². The first kappa shape index (κ1) is 18.3. The number of hydrogen-bond acceptors (Lipinski definition) is 10. The highest BCUT2D eigenvalue weighted by molar-refractivity contribution is 5.99. The van der Waals surface area contributed by atoms with E-state index in [0.717, 1.165) is 39.3 Å². The maximum Gasteiger partial charge on any atom is 0.323 e. The number of aromatic nitrogens is 2. The molecule has 0 unspecified atom stereocenters. The summed E-state index contributed by atoms with van der Waals surface area (Å²) in [7, 11) is 0. The van der Waals surface area contributed by atoms with Crippen LogP contribution in [0.25, 0.3) is 11.0 Å². The van der Waals surface area contributed by atoms with E-state index in [-0.39, 0.29) is 30.0 Å². The number of benzene rings is 1. The fraction of sp³-hybridized carbons (Fsp3) is 0.600. The van der Waals surface area contributed by atoms with E-state index in [2.05, 4.69) is 25.8 Å². The largest absolute Gasteiger partial charge is 0.395 e. The number of rotatable bonds is 9. The van der Waals surface area contributed by atoms with Crippen LogP contribution in [0.4, 0.5) is 17.1 Å². The highest BCUT2D eigenvalue weighted by atomic mass is 16.6. The molecule has 0 spiro atoms.